The molecule has 6 heteroatoms. The van der Waals surface area contributed by atoms with E-state index in [4.69, 9.17) is 4.74 Å². The zero-order valence-corrected chi connectivity index (χ0v) is 17.2. The fourth-order valence-electron chi connectivity index (χ4n) is 2.77. The van der Waals surface area contributed by atoms with Gasteiger partial charge in [0.05, 0.1) is 7.11 Å². The number of anilines is 2. The first-order chi connectivity index (χ1) is 13.9. The highest BCUT2D eigenvalue weighted by molar-refractivity contribution is 5.97. The normalized spacial score (nSPS) is 10.5. The molecule has 0 spiro atoms. The molecule has 0 aliphatic heterocycles. The maximum absolute atomic E-state index is 12.2. The van der Waals surface area contributed by atoms with Crippen LogP contribution < -0.4 is 15.4 Å². The predicted molar refractivity (Wildman–Crippen MR) is 114 cm³/mol. The number of ketones is 1. The summed E-state index contributed by atoms with van der Waals surface area (Å²) in [5.74, 6) is 0.820. The number of methoxy groups -OCH3 is 1. The molecule has 0 atom stereocenters. The van der Waals surface area contributed by atoms with Crippen molar-refractivity contribution in [2.75, 3.05) is 17.7 Å². The van der Waals surface area contributed by atoms with E-state index in [0.717, 1.165) is 0 Å². The SMILES string of the molecule is COc1ccc(C(=O)CCCC(=O)Nc2ccc(NC(=O)CC(C)C)cc2)cc1. The first-order valence-corrected chi connectivity index (χ1v) is 9.74. The fourth-order valence-corrected chi connectivity index (χ4v) is 2.77. The highest BCUT2D eigenvalue weighted by Crippen LogP contribution is 2.16. The molecule has 0 saturated carbocycles. The minimum absolute atomic E-state index is 0.00180. The van der Waals surface area contributed by atoms with Gasteiger partial charge in [0.15, 0.2) is 5.78 Å². The van der Waals surface area contributed by atoms with Gasteiger partial charge >= 0.3 is 0 Å². The first kappa shape index (κ1) is 22.1. The van der Waals surface area contributed by atoms with Crippen LogP contribution in [0.2, 0.25) is 0 Å². The Morgan fingerprint density at radius 2 is 1.38 bits per heavy atom. The third-order valence-corrected chi connectivity index (χ3v) is 4.27. The van der Waals surface area contributed by atoms with Crippen molar-refractivity contribution in [3.63, 3.8) is 0 Å². The van der Waals surface area contributed by atoms with Crippen molar-refractivity contribution in [1.29, 1.82) is 0 Å². The molecule has 2 aromatic carbocycles. The van der Waals surface area contributed by atoms with Gasteiger partial charge in [0.1, 0.15) is 5.75 Å². The van der Waals surface area contributed by atoms with Crippen LogP contribution in [0.1, 0.15) is 49.9 Å². The van der Waals surface area contributed by atoms with Crippen molar-refractivity contribution in [2.24, 2.45) is 5.92 Å². The van der Waals surface area contributed by atoms with Gasteiger partial charge in [0.2, 0.25) is 11.8 Å². The minimum atomic E-state index is -0.149. The summed E-state index contributed by atoms with van der Waals surface area (Å²) in [4.78, 5) is 36.0. The van der Waals surface area contributed by atoms with E-state index in [1.165, 1.54) is 0 Å². The third-order valence-electron chi connectivity index (χ3n) is 4.27. The van der Waals surface area contributed by atoms with Crippen LogP contribution in [-0.4, -0.2) is 24.7 Å². The summed E-state index contributed by atoms with van der Waals surface area (Å²) < 4.78 is 5.07. The van der Waals surface area contributed by atoms with Crippen LogP contribution in [0.15, 0.2) is 48.5 Å². The zero-order chi connectivity index (χ0) is 21.2. The first-order valence-electron chi connectivity index (χ1n) is 9.74. The number of rotatable bonds is 10. The second-order valence-corrected chi connectivity index (χ2v) is 7.28. The highest BCUT2D eigenvalue weighted by Gasteiger charge is 2.09. The Morgan fingerprint density at radius 1 is 0.828 bits per heavy atom. The number of nitrogens with one attached hydrogen (secondary N) is 2. The summed E-state index contributed by atoms with van der Waals surface area (Å²) >= 11 is 0. The quantitative estimate of drug-likeness (QED) is 0.572. The monoisotopic (exact) mass is 396 g/mol. The predicted octanol–water partition coefficient (Wildman–Crippen LogP) is 4.67. The molecule has 0 radical (unpaired) electrons. The molecule has 0 bridgehead atoms. The van der Waals surface area contributed by atoms with Crippen LogP contribution in [0.25, 0.3) is 0 Å². The smallest absolute Gasteiger partial charge is 0.224 e. The largest absolute Gasteiger partial charge is 0.497 e. The van der Waals surface area contributed by atoms with Crippen LogP contribution in [0.4, 0.5) is 11.4 Å². The van der Waals surface area contributed by atoms with Crippen molar-refractivity contribution in [3.8, 4) is 5.75 Å². The Bertz CT molecular complexity index is 827. The molecule has 2 aromatic rings. The van der Waals surface area contributed by atoms with E-state index in [0.29, 0.717) is 47.9 Å². The lowest BCUT2D eigenvalue weighted by molar-refractivity contribution is -0.117. The van der Waals surface area contributed by atoms with Crippen LogP contribution in [0, 0.1) is 5.92 Å². The van der Waals surface area contributed by atoms with Crippen molar-refractivity contribution < 1.29 is 19.1 Å². The molecule has 0 aliphatic rings. The maximum Gasteiger partial charge on any atom is 0.224 e. The number of ether oxygens (including phenoxy) is 1. The molecule has 29 heavy (non-hydrogen) atoms. The van der Waals surface area contributed by atoms with Gasteiger partial charge in [-0.05, 0) is 60.9 Å². The van der Waals surface area contributed by atoms with Gasteiger partial charge < -0.3 is 15.4 Å². The van der Waals surface area contributed by atoms with Gasteiger partial charge in [-0.2, -0.15) is 0 Å². The van der Waals surface area contributed by atoms with Crippen molar-refractivity contribution in [3.05, 3.63) is 54.1 Å². The number of carbonyl (C=O) groups is 3. The Morgan fingerprint density at radius 3 is 1.90 bits per heavy atom. The summed E-state index contributed by atoms with van der Waals surface area (Å²) in [6.45, 7) is 3.98. The summed E-state index contributed by atoms with van der Waals surface area (Å²) in [6.07, 6.45) is 1.50. The number of carbonyl (C=O) groups excluding carboxylic acids is 3. The summed E-state index contributed by atoms with van der Waals surface area (Å²) in [6, 6.07) is 13.9. The standard InChI is InChI=1S/C23H28N2O4/c1-16(2)15-23(28)25-19-11-9-18(10-12-19)24-22(27)6-4-5-21(26)17-7-13-20(29-3)14-8-17/h7-14,16H,4-6,15H2,1-3H3,(H,24,27)(H,25,28). The van der Waals surface area contributed by atoms with Crippen molar-refractivity contribution in [2.45, 2.75) is 39.5 Å². The average molecular weight is 396 g/mol. The lowest BCUT2D eigenvalue weighted by atomic mass is 10.1. The number of amides is 2. The molecule has 0 fully saturated rings. The average Bonchev–Trinajstić information content (AvgIpc) is 2.69. The summed E-state index contributed by atoms with van der Waals surface area (Å²) in [5, 5.41) is 5.63. The van der Waals surface area contributed by atoms with E-state index in [2.05, 4.69) is 10.6 Å². The number of hydrogen-bond acceptors (Lipinski definition) is 4. The van der Waals surface area contributed by atoms with Crippen molar-refractivity contribution >= 4 is 29.0 Å². The third kappa shape index (κ3) is 7.78. The van der Waals surface area contributed by atoms with Gasteiger partial charge in [-0.1, -0.05) is 13.8 Å². The summed E-state index contributed by atoms with van der Waals surface area (Å²) in [7, 11) is 1.58. The number of benzene rings is 2. The molecule has 2 N–H and O–H groups in total. The Labute approximate surface area is 171 Å². The second kappa shape index (κ2) is 11.0. The van der Waals surface area contributed by atoms with Crippen LogP contribution in [0.3, 0.4) is 0 Å². The molecule has 0 heterocycles. The van der Waals surface area contributed by atoms with Gasteiger partial charge in [0, 0.05) is 36.2 Å². The molecule has 154 valence electrons. The van der Waals surface area contributed by atoms with E-state index in [-0.39, 0.29) is 24.0 Å². The van der Waals surface area contributed by atoms with Crippen LogP contribution >= 0.6 is 0 Å². The van der Waals surface area contributed by atoms with Gasteiger partial charge in [-0.3, -0.25) is 14.4 Å². The van der Waals surface area contributed by atoms with Crippen LogP contribution in [-0.2, 0) is 9.59 Å². The van der Waals surface area contributed by atoms with E-state index in [1.54, 1.807) is 55.6 Å². The van der Waals surface area contributed by atoms with E-state index >= 15 is 0 Å². The Kier molecular flexibility index (Phi) is 8.40. The lowest BCUT2D eigenvalue weighted by Gasteiger charge is -2.09. The molecule has 2 rings (SSSR count). The number of hydrogen-bond donors (Lipinski definition) is 2. The van der Waals surface area contributed by atoms with E-state index in [1.807, 2.05) is 13.8 Å². The van der Waals surface area contributed by atoms with E-state index < -0.39 is 0 Å². The zero-order valence-electron chi connectivity index (χ0n) is 17.2. The van der Waals surface area contributed by atoms with Crippen molar-refractivity contribution in [1.82, 2.24) is 0 Å². The number of Topliss-reactive ketones (excluding diaryl/α,β-unsaturated/α-hetero) is 1. The molecule has 0 saturated heterocycles. The molecule has 6 nitrogen and oxygen atoms in total. The molecule has 2 amide bonds. The second-order valence-electron chi connectivity index (χ2n) is 7.28. The molecular weight excluding hydrogens is 368 g/mol. The van der Waals surface area contributed by atoms with Gasteiger partial charge in [-0.25, -0.2) is 0 Å². The van der Waals surface area contributed by atoms with E-state index in [9.17, 15) is 14.4 Å². The van der Waals surface area contributed by atoms with Gasteiger partial charge in [0.25, 0.3) is 0 Å². The molecule has 0 aromatic heterocycles. The highest BCUT2D eigenvalue weighted by atomic mass is 16.5. The lowest BCUT2D eigenvalue weighted by Crippen LogP contribution is -2.14. The summed E-state index contributed by atoms with van der Waals surface area (Å²) in [5.41, 5.74) is 1.96. The van der Waals surface area contributed by atoms with Gasteiger partial charge in [-0.15, -0.1) is 0 Å². The van der Waals surface area contributed by atoms with Crippen LogP contribution in [0.5, 0.6) is 5.75 Å². The Balaban J connectivity index is 1.74. The fraction of sp³-hybridized carbons (Fsp3) is 0.348. The maximum atomic E-state index is 12.2. The molecule has 0 aliphatic carbocycles. The molecular formula is C23H28N2O4. The Hall–Kier alpha value is -3.15. The minimum Gasteiger partial charge on any atom is -0.497 e. The topological polar surface area (TPSA) is 84.5 Å². The molecule has 0 unspecified atom stereocenters.